The molecule has 2 aromatic rings. The lowest BCUT2D eigenvalue weighted by Gasteiger charge is -2.19. The molecule has 0 bridgehead atoms. The lowest BCUT2D eigenvalue weighted by Crippen LogP contribution is -2.12. The molecular weight excluding hydrogens is 288 g/mol. The average Bonchev–Trinajstić information content (AvgIpc) is 2.45. The number of rotatable bonds is 5. The molecule has 4 heteroatoms. The van der Waals surface area contributed by atoms with Crippen LogP contribution in [0.3, 0.4) is 0 Å². The highest BCUT2D eigenvalue weighted by Gasteiger charge is 2.10. The van der Waals surface area contributed by atoms with Gasteiger partial charge in [0.25, 0.3) is 0 Å². The average molecular weight is 305 g/mol. The third-order valence-electron chi connectivity index (χ3n) is 3.19. The van der Waals surface area contributed by atoms with E-state index in [9.17, 15) is 0 Å². The molecule has 2 nitrogen and oxygen atoms in total. The van der Waals surface area contributed by atoms with Crippen molar-refractivity contribution in [2.75, 3.05) is 5.32 Å². The van der Waals surface area contributed by atoms with Crippen molar-refractivity contribution in [3.63, 3.8) is 0 Å². The summed E-state index contributed by atoms with van der Waals surface area (Å²) >= 11 is 11.1. The van der Waals surface area contributed by atoms with Crippen molar-refractivity contribution in [1.82, 2.24) is 0 Å². The van der Waals surface area contributed by atoms with Crippen LogP contribution >= 0.6 is 23.8 Å². The molecule has 0 heterocycles. The minimum atomic E-state index is 0.253. The fourth-order valence-electron chi connectivity index (χ4n) is 2.11. The molecule has 1 atom stereocenters. The molecule has 0 amide bonds. The van der Waals surface area contributed by atoms with E-state index in [0.29, 0.717) is 15.6 Å². The van der Waals surface area contributed by atoms with Crippen molar-refractivity contribution in [1.29, 1.82) is 0 Å². The van der Waals surface area contributed by atoms with Crippen LogP contribution in [0.4, 0.5) is 5.69 Å². The number of hydrogen-bond acceptors (Lipinski definition) is 2. The first-order valence-electron chi connectivity index (χ1n) is 6.52. The zero-order valence-corrected chi connectivity index (χ0v) is 12.8. The van der Waals surface area contributed by atoms with Gasteiger partial charge in [-0.25, -0.2) is 0 Å². The van der Waals surface area contributed by atoms with E-state index in [1.54, 1.807) is 0 Å². The highest BCUT2D eigenvalue weighted by atomic mass is 35.5. The van der Waals surface area contributed by atoms with Gasteiger partial charge in [-0.05, 0) is 30.2 Å². The first kappa shape index (κ1) is 14.8. The van der Waals surface area contributed by atoms with Gasteiger partial charge < -0.3 is 11.1 Å². The SMILES string of the molecule is CCC(Nc1ccc(C(N)=S)c(Cl)c1)c1ccccc1. The lowest BCUT2D eigenvalue weighted by atomic mass is 10.0. The number of hydrogen-bond donors (Lipinski definition) is 2. The van der Waals surface area contributed by atoms with Gasteiger partial charge in [-0.3, -0.25) is 0 Å². The molecule has 2 aromatic carbocycles. The van der Waals surface area contributed by atoms with Crippen molar-refractivity contribution in [3.8, 4) is 0 Å². The molecule has 0 spiro atoms. The Morgan fingerprint density at radius 2 is 1.95 bits per heavy atom. The van der Waals surface area contributed by atoms with E-state index in [0.717, 1.165) is 12.1 Å². The van der Waals surface area contributed by atoms with Crippen LogP contribution in [-0.2, 0) is 0 Å². The molecule has 0 aliphatic heterocycles. The highest BCUT2D eigenvalue weighted by Crippen LogP contribution is 2.26. The first-order chi connectivity index (χ1) is 9.61. The van der Waals surface area contributed by atoms with Crippen molar-refractivity contribution in [2.45, 2.75) is 19.4 Å². The smallest absolute Gasteiger partial charge is 0.105 e. The van der Waals surface area contributed by atoms with E-state index in [2.05, 4.69) is 24.4 Å². The highest BCUT2D eigenvalue weighted by molar-refractivity contribution is 7.80. The molecule has 0 aromatic heterocycles. The molecule has 0 fully saturated rings. The maximum atomic E-state index is 6.19. The summed E-state index contributed by atoms with van der Waals surface area (Å²) in [5.41, 5.74) is 8.54. The van der Waals surface area contributed by atoms with Gasteiger partial charge in [0.1, 0.15) is 4.99 Å². The van der Waals surface area contributed by atoms with Gasteiger partial charge in [-0.2, -0.15) is 0 Å². The van der Waals surface area contributed by atoms with Gasteiger partial charge in [-0.15, -0.1) is 0 Å². The molecule has 0 radical (unpaired) electrons. The summed E-state index contributed by atoms with van der Waals surface area (Å²) in [6, 6.07) is 16.3. The van der Waals surface area contributed by atoms with Crippen LogP contribution in [0, 0.1) is 0 Å². The van der Waals surface area contributed by atoms with Gasteiger partial charge in [-0.1, -0.05) is 61.1 Å². The zero-order valence-electron chi connectivity index (χ0n) is 11.3. The summed E-state index contributed by atoms with van der Waals surface area (Å²) in [7, 11) is 0. The Hall–Kier alpha value is -1.58. The summed E-state index contributed by atoms with van der Waals surface area (Å²) in [5, 5.41) is 4.06. The number of anilines is 1. The van der Waals surface area contributed by atoms with Gasteiger partial charge >= 0.3 is 0 Å². The number of nitrogens with two attached hydrogens (primary N) is 1. The largest absolute Gasteiger partial charge is 0.389 e. The van der Waals surface area contributed by atoms with Crippen molar-refractivity contribution in [2.24, 2.45) is 5.73 Å². The summed E-state index contributed by atoms with van der Waals surface area (Å²) in [5.74, 6) is 0. The Labute approximate surface area is 130 Å². The Morgan fingerprint density at radius 1 is 1.25 bits per heavy atom. The van der Waals surface area contributed by atoms with Crippen molar-refractivity contribution in [3.05, 3.63) is 64.7 Å². The molecule has 3 N–H and O–H groups in total. The van der Waals surface area contributed by atoms with Crippen LogP contribution in [0.2, 0.25) is 5.02 Å². The predicted octanol–water partition coefficient (Wildman–Crippen LogP) is 4.54. The minimum Gasteiger partial charge on any atom is -0.389 e. The van der Waals surface area contributed by atoms with Crippen LogP contribution in [0.25, 0.3) is 0 Å². The van der Waals surface area contributed by atoms with Gasteiger partial charge in [0, 0.05) is 11.3 Å². The standard InChI is InChI=1S/C16H17ClN2S/c1-2-15(11-6-4-3-5-7-11)19-12-8-9-13(16(18)20)14(17)10-12/h3-10,15,19H,2H2,1H3,(H2,18,20). The normalized spacial score (nSPS) is 11.9. The van der Waals surface area contributed by atoms with Crippen LogP contribution in [-0.4, -0.2) is 4.99 Å². The second kappa shape index (κ2) is 6.73. The number of nitrogens with one attached hydrogen (secondary N) is 1. The molecule has 0 aliphatic carbocycles. The van der Waals surface area contributed by atoms with E-state index in [4.69, 9.17) is 29.6 Å². The quantitative estimate of drug-likeness (QED) is 0.797. The monoisotopic (exact) mass is 304 g/mol. The Morgan fingerprint density at radius 3 is 2.50 bits per heavy atom. The summed E-state index contributed by atoms with van der Waals surface area (Å²) in [6.07, 6.45) is 0.985. The molecule has 20 heavy (non-hydrogen) atoms. The maximum Gasteiger partial charge on any atom is 0.105 e. The number of thiocarbonyl (C=S) groups is 1. The van der Waals surface area contributed by atoms with Crippen LogP contribution in [0.1, 0.15) is 30.5 Å². The second-order valence-corrected chi connectivity index (χ2v) is 5.42. The predicted molar refractivity (Wildman–Crippen MR) is 90.4 cm³/mol. The fraction of sp³-hybridized carbons (Fsp3) is 0.188. The second-order valence-electron chi connectivity index (χ2n) is 4.57. The number of benzene rings is 2. The molecule has 0 saturated carbocycles. The third kappa shape index (κ3) is 3.50. The minimum absolute atomic E-state index is 0.253. The lowest BCUT2D eigenvalue weighted by molar-refractivity contribution is 0.749. The summed E-state index contributed by atoms with van der Waals surface area (Å²) in [4.78, 5) is 0.316. The van der Waals surface area contributed by atoms with E-state index in [-0.39, 0.29) is 6.04 Å². The molecule has 2 rings (SSSR count). The zero-order chi connectivity index (χ0) is 14.5. The van der Waals surface area contributed by atoms with Crippen LogP contribution in [0.5, 0.6) is 0 Å². The molecular formula is C16H17ClN2S. The maximum absolute atomic E-state index is 6.19. The van der Waals surface area contributed by atoms with E-state index >= 15 is 0 Å². The topological polar surface area (TPSA) is 38.0 Å². The molecule has 1 unspecified atom stereocenters. The van der Waals surface area contributed by atoms with Crippen molar-refractivity contribution >= 4 is 34.5 Å². The van der Waals surface area contributed by atoms with E-state index in [1.165, 1.54) is 5.56 Å². The van der Waals surface area contributed by atoms with E-state index < -0.39 is 0 Å². The Bertz CT molecular complexity index is 599. The Balaban J connectivity index is 2.20. The van der Waals surface area contributed by atoms with Crippen LogP contribution < -0.4 is 11.1 Å². The molecule has 104 valence electrons. The molecule has 0 saturated heterocycles. The first-order valence-corrected chi connectivity index (χ1v) is 7.31. The fourth-order valence-corrected chi connectivity index (χ4v) is 2.63. The van der Waals surface area contributed by atoms with Gasteiger partial charge in [0.05, 0.1) is 11.1 Å². The van der Waals surface area contributed by atoms with Crippen LogP contribution in [0.15, 0.2) is 48.5 Å². The van der Waals surface area contributed by atoms with Crippen molar-refractivity contribution < 1.29 is 0 Å². The summed E-state index contributed by atoms with van der Waals surface area (Å²) < 4.78 is 0. The number of halogens is 1. The summed E-state index contributed by atoms with van der Waals surface area (Å²) in [6.45, 7) is 2.15. The van der Waals surface area contributed by atoms with Gasteiger partial charge in [0.15, 0.2) is 0 Å². The Kier molecular flexibility index (Phi) is 4.99. The molecule has 0 aliphatic rings. The van der Waals surface area contributed by atoms with Gasteiger partial charge in [0.2, 0.25) is 0 Å². The third-order valence-corrected chi connectivity index (χ3v) is 3.72. The van der Waals surface area contributed by atoms with E-state index in [1.807, 2.05) is 36.4 Å².